The first-order valence-electron chi connectivity index (χ1n) is 11.1. The summed E-state index contributed by atoms with van der Waals surface area (Å²) in [5.74, 6) is -0.203. The van der Waals surface area contributed by atoms with Gasteiger partial charge in [0.05, 0.1) is 0 Å². The van der Waals surface area contributed by atoms with E-state index in [1.54, 1.807) is 0 Å². The molecule has 0 aliphatic heterocycles. The number of halogens is 1. The van der Waals surface area contributed by atoms with Crippen LogP contribution in [0.15, 0.2) is 84.9 Å². The van der Waals surface area contributed by atoms with Crippen LogP contribution in [0.3, 0.4) is 0 Å². The maximum Gasteiger partial charge on any atom is 0.123 e. The third-order valence-electron chi connectivity index (χ3n) is 5.87. The predicted molar refractivity (Wildman–Crippen MR) is 127 cm³/mol. The summed E-state index contributed by atoms with van der Waals surface area (Å²) in [6.07, 6.45) is 7.79. The molecule has 0 spiro atoms. The van der Waals surface area contributed by atoms with Gasteiger partial charge in [-0.3, -0.25) is 0 Å². The number of aryl methyl sites for hydroxylation is 1. The Morgan fingerprint density at radius 2 is 1.07 bits per heavy atom. The van der Waals surface area contributed by atoms with Gasteiger partial charge in [0.25, 0.3) is 0 Å². The van der Waals surface area contributed by atoms with E-state index >= 15 is 0 Å². The van der Waals surface area contributed by atoms with Crippen LogP contribution in [0, 0.1) is 5.82 Å². The maximum absolute atomic E-state index is 13.1. The maximum atomic E-state index is 13.1. The molecule has 30 heavy (non-hydrogen) atoms. The molecule has 0 saturated heterocycles. The number of fused-ring (bicyclic) bond motifs is 1. The molecule has 0 fully saturated rings. The molecule has 4 aromatic rings. The lowest BCUT2D eigenvalue weighted by Crippen LogP contribution is -1.87. The summed E-state index contributed by atoms with van der Waals surface area (Å²) in [5.41, 5.74) is 5.99. The van der Waals surface area contributed by atoms with Crippen molar-refractivity contribution in [1.82, 2.24) is 0 Å². The van der Waals surface area contributed by atoms with Gasteiger partial charge in [0.2, 0.25) is 0 Å². The lowest BCUT2D eigenvalue weighted by Gasteiger charge is -2.08. The quantitative estimate of drug-likeness (QED) is 0.261. The van der Waals surface area contributed by atoms with Gasteiger partial charge in [-0.25, -0.2) is 4.39 Å². The standard InChI is InChI=1S/C29H29F/c1-2-3-4-5-6-7-22-8-9-28-21-27(15-14-26(28)20-22)25-12-10-23(11-13-25)24-16-18-29(30)19-17-24/h8-21H,2-7H2,1H3. The third-order valence-corrected chi connectivity index (χ3v) is 5.87. The molecule has 0 amide bonds. The minimum atomic E-state index is -0.203. The Hall–Kier alpha value is -2.93. The van der Waals surface area contributed by atoms with Gasteiger partial charge in [-0.05, 0) is 69.6 Å². The first-order chi connectivity index (χ1) is 14.7. The monoisotopic (exact) mass is 396 g/mol. The Kier molecular flexibility index (Phi) is 6.59. The van der Waals surface area contributed by atoms with Crippen molar-refractivity contribution in [3.63, 3.8) is 0 Å². The molecule has 0 atom stereocenters. The van der Waals surface area contributed by atoms with Gasteiger partial charge >= 0.3 is 0 Å². The molecule has 0 heterocycles. The molecule has 4 aromatic carbocycles. The van der Waals surface area contributed by atoms with Crippen molar-refractivity contribution in [1.29, 1.82) is 0 Å². The van der Waals surface area contributed by atoms with Crippen molar-refractivity contribution in [3.05, 3.63) is 96.3 Å². The van der Waals surface area contributed by atoms with Gasteiger partial charge in [-0.15, -0.1) is 0 Å². The highest BCUT2D eigenvalue weighted by Gasteiger charge is 2.04. The lowest BCUT2D eigenvalue weighted by molar-refractivity contribution is 0.628. The molecule has 0 aliphatic rings. The van der Waals surface area contributed by atoms with Crippen LogP contribution >= 0.6 is 0 Å². The Morgan fingerprint density at radius 1 is 0.533 bits per heavy atom. The molecule has 0 unspecified atom stereocenters. The van der Waals surface area contributed by atoms with Crippen LogP contribution in [0.1, 0.15) is 44.6 Å². The van der Waals surface area contributed by atoms with Crippen LogP contribution in [0.2, 0.25) is 0 Å². The molecule has 0 radical (unpaired) electrons. The van der Waals surface area contributed by atoms with E-state index in [2.05, 4.69) is 67.6 Å². The zero-order valence-corrected chi connectivity index (χ0v) is 17.7. The summed E-state index contributed by atoms with van der Waals surface area (Å²) >= 11 is 0. The largest absolute Gasteiger partial charge is 0.207 e. The summed E-state index contributed by atoms with van der Waals surface area (Å²) in [6, 6.07) is 28.7. The number of benzene rings is 4. The van der Waals surface area contributed by atoms with Crippen molar-refractivity contribution in [2.24, 2.45) is 0 Å². The van der Waals surface area contributed by atoms with Gasteiger partial charge in [-0.1, -0.05) is 99.3 Å². The fourth-order valence-corrected chi connectivity index (χ4v) is 4.06. The molecule has 152 valence electrons. The van der Waals surface area contributed by atoms with Gasteiger partial charge in [0, 0.05) is 0 Å². The molecule has 1 heteroatoms. The molecule has 0 aromatic heterocycles. The van der Waals surface area contributed by atoms with Crippen LogP contribution in [-0.4, -0.2) is 0 Å². The van der Waals surface area contributed by atoms with Crippen molar-refractivity contribution in [2.45, 2.75) is 45.4 Å². The van der Waals surface area contributed by atoms with Crippen molar-refractivity contribution in [2.75, 3.05) is 0 Å². The van der Waals surface area contributed by atoms with Gasteiger partial charge in [0.15, 0.2) is 0 Å². The van der Waals surface area contributed by atoms with Crippen molar-refractivity contribution >= 4 is 10.8 Å². The lowest BCUT2D eigenvalue weighted by atomic mass is 9.97. The highest BCUT2D eigenvalue weighted by Crippen LogP contribution is 2.28. The zero-order valence-electron chi connectivity index (χ0n) is 17.7. The SMILES string of the molecule is CCCCCCCc1ccc2cc(-c3ccc(-c4ccc(F)cc4)cc3)ccc2c1. The van der Waals surface area contributed by atoms with Crippen molar-refractivity contribution in [3.8, 4) is 22.3 Å². The number of rotatable bonds is 8. The summed E-state index contributed by atoms with van der Waals surface area (Å²) in [6.45, 7) is 2.26. The number of hydrogen-bond donors (Lipinski definition) is 0. The summed E-state index contributed by atoms with van der Waals surface area (Å²) < 4.78 is 13.1. The summed E-state index contributed by atoms with van der Waals surface area (Å²) in [4.78, 5) is 0. The summed E-state index contributed by atoms with van der Waals surface area (Å²) in [7, 11) is 0. The van der Waals surface area contributed by atoms with Crippen LogP contribution in [0.25, 0.3) is 33.0 Å². The van der Waals surface area contributed by atoms with Crippen LogP contribution < -0.4 is 0 Å². The van der Waals surface area contributed by atoms with Crippen LogP contribution in [0.5, 0.6) is 0 Å². The molecular formula is C29H29F. The molecule has 0 aliphatic carbocycles. The summed E-state index contributed by atoms with van der Waals surface area (Å²) in [5, 5.41) is 2.59. The highest BCUT2D eigenvalue weighted by molar-refractivity contribution is 5.88. The minimum Gasteiger partial charge on any atom is -0.207 e. The smallest absolute Gasteiger partial charge is 0.123 e. The fourth-order valence-electron chi connectivity index (χ4n) is 4.06. The molecule has 4 rings (SSSR count). The first kappa shape index (κ1) is 20.3. The van der Waals surface area contributed by atoms with E-state index in [4.69, 9.17) is 0 Å². The van der Waals surface area contributed by atoms with E-state index in [0.29, 0.717) is 0 Å². The van der Waals surface area contributed by atoms with Crippen LogP contribution in [0.4, 0.5) is 4.39 Å². The third kappa shape index (κ3) is 4.97. The van der Waals surface area contributed by atoms with E-state index in [1.165, 1.54) is 78.1 Å². The molecule has 0 saturated carbocycles. The Labute approximate surface area is 179 Å². The Balaban J connectivity index is 1.48. The van der Waals surface area contributed by atoms with Gasteiger partial charge < -0.3 is 0 Å². The Bertz CT molecular complexity index is 1090. The minimum absolute atomic E-state index is 0.203. The molecule has 0 N–H and O–H groups in total. The van der Waals surface area contributed by atoms with Crippen LogP contribution in [-0.2, 0) is 6.42 Å². The second-order valence-electron chi connectivity index (χ2n) is 8.14. The number of unbranched alkanes of at least 4 members (excludes halogenated alkanes) is 4. The van der Waals surface area contributed by atoms with Crippen molar-refractivity contribution < 1.29 is 4.39 Å². The molecule has 0 bridgehead atoms. The van der Waals surface area contributed by atoms with E-state index < -0.39 is 0 Å². The average molecular weight is 397 g/mol. The van der Waals surface area contributed by atoms with Gasteiger partial charge in [-0.2, -0.15) is 0 Å². The fraction of sp³-hybridized carbons (Fsp3) is 0.241. The number of hydrogen-bond acceptors (Lipinski definition) is 0. The predicted octanol–water partition coefficient (Wildman–Crippen LogP) is 8.83. The van der Waals surface area contributed by atoms with E-state index in [-0.39, 0.29) is 5.82 Å². The van der Waals surface area contributed by atoms with E-state index in [1.807, 2.05) is 12.1 Å². The molecular weight excluding hydrogens is 367 g/mol. The van der Waals surface area contributed by atoms with Gasteiger partial charge in [0.1, 0.15) is 5.82 Å². The highest BCUT2D eigenvalue weighted by atomic mass is 19.1. The topological polar surface area (TPSA) is 0 Å². The van der Waals surface area contributed by atoms with E-state index in [9.17, 15) is 4.39 Å². The zero-order chi connectivity index (χ0) is 20.8. The molecule has 0 nitrogen and oxygen atoms in total. The first-order valence-corrected chi connectivity index (χ1v) is 11.1. The normalized spacial score (nSPS) is 11.1. The van der Waals surface area contributed by atoms with E-state index in [0.717, 1.165) is 11.1 Å². The average Bonchev–Trinajstić information content (AvgIpc) is 2.79. The second-order valence-corrected chi connectivity index (χ2v) is 8.14. The Morgan fingerprint density at radius 3 is 1.77 bits per heavy atom. The second kappa shape index (κ2) is 9.71.